The summed E-state index contributed by atoms with van der Waals surface area (Å²) in [6.45, 7) is 1.37. The van der Waals surface area contributed by atoms with E-state index in [2.05, 4.69) is 40.8 Å². The molecule has 2 heterocycles. The van der Waals surface area contributed by atoms with E-state index in [0.29, 0.717) is 18.8 Å². The van der Waals surface area contributed by atoms with Crippen molar-refractivity contribution in [2.24, 2.45) is 0 Å². The molecule has 0 amide bonds. The molecule has 0 radical (unpaired) electrons. The Morgan fingerprint density at radius 3 is 2.74 bits per heavy atom. The molecule has 3 aromatic carbocycles. The van der Waals surface area contributed by atoms with Crippen molar-refractivity contribution in [3.8, 4) is 17.0 Å². The van der Waals surface area contributed by atoms with Crippen LogP contribution in [-0.4, -0.2) is 29.5 Å². The molecule has 0 saturated heterocycles. The first-order valence-corrected chi connectivity index (χ1v) is 11.1. The maximum Gasteiger partial charge on any atom is 0.178 e. The van der Waals surface area contributed by atoms with Gasteiger partial charge >= 0.3 is 0 Å². The molecule has 5 rings (SSSR count). The van der Waals surface area contributed by atoms with Crippen LogP contribution >= 0.6 is 11.3 Å². The highest BCUT2D eigenvalue weighted by Gasteiger charge is 2.12. The molecule has 0 unspecified atom stereocenters. The maximum absolute atomic E-state index is 10.3. The molecule has 156 valence electrons. The SMILES string of the molecule is O[C@H](CNCc1cccc2ccccc12)COc1ccc(-c2noc3ccsc23)cc1. The molecular formula is C25H22N2O3S. The highest BCUT2D eigenvalue weighted by Crippen LogP contribution is 2.32. The quantitative estimate of drug-likeness (QED) is 0.352. The van der Waals surface area contributed by atoms with Gasteiger partial charge in [-0.15, -0.1) is 11.3 Å². The number of nitrogens with zero attached hydrogens (tertiary/aromatic N) is 1. The summed E-state index contributed by atoms with van der Waals surface area (Å²) in [5.41, 5.74) is 3.84. The van der Waals surface area contributed by atoms with Crippen molar-refractivity contribution >= 4 is 32.4 Å². The van der Waals surface area contributed by atoms with Crippen molar-refractivity contribution in [1.29, 1.82) is 0 Å². The Morgan fingerprint density at radius 1 is 1.00 bits per heavy atom. The van der Waals surface area contributed by atoms with E-state index in [9.17, 15) is 5.11 Å². The van der Waals surface area contributed by atoms with E-state index in [1.165, 1.54) is 16.3 Å². The molecule has 5 aromatic rings. The molecule has 0 saturated carbocycles. The minimum atomic E-state index is -0.601. The van der Waals surface area contributed by atoms with Crippen LogP contribution in [0, 0.1) is 0 Å². The third kappa shape index (κ3) is 4.32. The van der Waals surface area contributed by atoms with Gasteiger partial charge in [0.1, 0.15) is 28.9 Å². The van der Waals surface area contributed by atoms with Crippen molar-refractivity contribution in [1.82, 2.24) is 10.5 Å². The Hall–Kier alpha value is -3.19. The number of aromatic nitrogens is 1. The Morgan fingerprint density at radius 2 is 1.84 bits per heavy atom. The van der Waals surface area contributed by atoms with Crippen molar-refractivity contribution in [3.05, 3.63) is 83.7 Å². The van der Waals surface area contributed by atoms with E-state index in [0.717, 1.165) is 21.5 Å². The number of thiophene rings is 1. The van der Waals surface area contributed by atoms with E-state index in [-0.39, 0.29) is 6.61 Å². The van der Waals surface area contributed by atoms with Crippen LogP contribution in [0.2, 0.25) is 0 Å². The number of ether oxygens (including phenoxy) is 1. The molecule has 0 aliphatic carbocycles. The lowest BCUT2D eigenvalue weighted by atomic mass is 10.0. The van der Waals surface area contributed by atoms with Gasteiger partial charge in [0.15, 0.2) is 5.58 Å². The highest BCUT2D eigenvalue weighted by atomic mass is 32.1. The van der Waals surface area contributed by atoms with E-state index in [4.69, 9.17) is 9.26 Å². The fraction of sp³-hybridized carbons (Fsp3) is 0.160. The van der Waals surface area contributed by atoms with Crippen molar-refractivity contribution < 1.29 is 14.4 Å². The third-order valence-corrected chi connectivity index (χ3v) is 6.13. The van der Waals surface area contributed by atoms with Gasteiger partial charge in [-0.1, -0.05) is 47.6 Å². The van der Waals surface area contributed by atoms with Crippen molar-refractivity contribution in [3.63, 3.8) is 0 Å². The summed E-state index contributed by atoms with van der Waals surface area (Å²) in [6.07, 6.45) is -0.601. The predicted octanol–water partition coefficient (Wildman–Crippen LogP) is 5.24. The molecule has 0 aliphatic heterocycles. The summed E-state index contributed by atoms with van der Waals surface area (Å²) in [4.78, 5) is 0. The number of nitrogens with one attached hydrogen (secondary N) is 1. The fourth-order valence-electron chi connectivity index (χ4n) is 3.64. The molecule has 2 N–H and O–H groups in total. The van der Waals surface area contributed by atoms with Gasteiger partial charge in [-0.3, -0.25) is 0 Å². The van der Waals surface area contributed by atoms with E-state index >= 15 is 0 Å². The number of hydrogen-bond acceptors (Lipinski definition) is 6. The number of aliphatic hydroxyl groups excluding tert-OH is 1. The molecule has 6 heteroatoms. The molecule has 2 aromatic heterocycles. The lowest BCUT2D eigenvalue weighted by molar-refractivity contribution is 0.106. The van der Waals surface area contributed by atoms with Crippen LogP contribution in [0.15, 0.2) is 82.7 Å². The van der Waals surface area contributed by atoms with Crippen LogP contribution < -0.4 is 10.1 Å². The molecule has 0 bridgehead atoms. The summed E-state index contributed by atoms with van der Waals surface area (Å²) in [7, 11) is 0. The minimum absolute atomic E-state index is 0.223. The standard InChI is InChI=1S/C25H22N2O3S/c28-20(15-26-14-19-6-3-5-17-4-1-2-7-22(17)19)16-29-21-10-8-18(9-11-21)24-25-23(30-27-24)12-13-31-25/h1-13,20,26,28H,14-16H2/t20-/m1/s1. The topological polar surface area (TPSA) is 67.5 Å². The van der Waals surface area contributed by atoms with Crippen LogP contribution in [0.1, 0.15) is 5.56 Å². The number of hydrogen-bond donors (Lipinski definition) is 2. The molecule has 0 aliphatic rings. The Labute approximate surface area is 183 Å². The van der Waals surface area contributed by atoms with E-state index in [1.807, 2.05) is 47.8 Å². The van der Waals surface area contributed by atoms with Gasteiger partial charge in [-0.05, 0) is 52.0 Å². The average molecular weight is 431 g/mol. The lowest BCUT2D eigenvalue weighted by Gasteiger charge is -2.14. The lowest BCUT2D eigenvalue weighted by Crippen LogP contribution is -2.31. The Bertz CT molecular complexity index is 1290. The number of benzene rings is 3. The van der Waals surface area contributed by atoms with Gasteiger partial charge in [0, 0.05) is 18.7 Å². The highest BCUT2D eigenvalue weighted by molar-refractivity contribution is 7.17. The molecule has 0 spiro atoms. The molecular weight excluding hydrogens is 408 g/mol. The first-order chi connectivity index (χ1) is 15.3. The molecule has 31 heavy (non-hydrogen) atoms. The number of rotatable bonds is 8. The average Bonchev–Trinajstić information content (AvgIpc) is 3.42. The Kier molecular flexibility index (Phi) is 5.67. The van der Waals surface area contributed by atoms with Crippen LogP contribution in [0.3, 0.4) is 0 Å². The smallest absolute Gasteiger partial charge is 0.178 e. The molecule has 0 fully saturated rings. The fourth-order valence-corrected chi connectivity index (χ4v) is 4.46. The predicted molar refractivity (Wildman–Crippen MR) is 124 cm³/mol. The molecule has 1 atom stereocenters. The second kappa shape index (κ2) is 8.89. The third-order valence-electron chi connectivity index (χ3n) is 5.22. The van der Waals surface area contributed by atoms with E-state index in [1.54, 1.807) is 11.3 Å². The summed E-state index contributed by atoms with van der Waals surface area (Å²) in [5, 5.41) is 22.2. The number of fused-ring (bicyclic) bond motifs is 2. The maximum atomic E-state index is 10.3. The van der Waals surface area contributed by atoms with E-state index < -0.39 is 6.10 Å². The Balaban J connectivity index is 1.13. The van der Waals surface area contributed by atoms with Crippen LogP contribution in [0.25, 0.3) is 32.3 Å². The largest absolute Gasteiger partial charge is 0.491 e. The second-order valence-corrected chi connectivity index (χ2v) is 8.32. The second-order valence-electron chi connectivity index (χ2n) is 7.40. The first-order valence-electron chi connectivity index (χ1n) is 10.2. The summed E-state index contributed by atoms with van der Waals surface area (Å²) in [5.74, 6) is 0.711. The van der Waals surface area contributed by atoms with Crippen LogP contribution in [0.5, 0.6) is 5.75 Å². The van der Waals surface area contributed by atoms with Gasteiger partial charge in [-0.2, -0.15) is 0 Å². The van der Waals surface area contributed by atoms with Gasteiger partial charge in [0.2, 0.25) is 0 Å². The van der Waals surface area contributed by atoms with Crippen molar-refractivity contribution in [2.45, 2.75) is 12.6 Å². The van der Waals surface area contributed by atoms with Crippen LogP contribution in [-0.2, 0) is 6.54 Å². The zero-order valence-corrected chi connectivity index (χ0v) is 17.6. The van der Waals surface area contributed by atoms with Gasteiger partial charge in [0.05, 0.1) is 0 Å². The molecule has 5 nitrogen and oxygen atoms in total. The summed E-state index contributed by atoms with van der Waals surface area (Å²) < 4.78 is 12.1. The van der Waals surface area contributed by atoms with Gasteiger partial charge < -0.3 is 19.7 Å². The van der Waals surface area contributed by atoms with Gasteiger partial charge in [0.25, 0.3) is 0 Å². The zero-order chi connectivity index (χ0) is 21.0. The zero-order valence-electron chi connectivity index (χ0n) is 16.8. The normalized spacial score (nSPS) is 12.4. The summed E-state index contributed by atoms with van der Waals surface area (Å²) >= 11 is 1.61. The van der Waals surface area contributed by atoms with Crippen LogP contribution in [0.4, 0.5) is 0 Å². The first kappa shape index (κ1) is 19.8. The van der Waals surface area contributed by atoms with Crippen molar-refractivity contribution in [2.75, 3.05) is 13.2 Å². The minimum Gasteiger partial charge on any atom is -0.491 e. The monoisotopic (exact) mass is 430 g/mol. The number of aliphatic hydroxyl groups is 1. The van der Waals surface area contributed by atoms with Gasteiger partial charge in [-0.25, -0.2) is 0 Å². The summed E-state index contributed by atoms with van der Waals surface area (Å²) in [6, 6.07) is 24.2.